The van der Waals surface area contributed by atoms with Crippen molar-refractivity contribution in [1.82, 2.24) is 5.32 Å². The zero-order valence-electron chi connectivity index (χ0n) is 17.3. The molecule has 0 bridgehead atoms. The van der Waals surface area contributed by atoms with Gasteiger partial charge in [-0.05, 0) is 48.9 Å². The number of alkyl halides is 3. The Hall–Kier alpha value is -2.54. The van der Waals surface area contributed by atoms with Crippen molar-refractivity contribution < 1.29 is 27.8 Å². The Morgan fingerprint density at radius 1 is 1.03 bits per heavy atom. The van der Waals surface area contributed by atoms with E-state index in [1.54, 1.807) is 6.07 Å². The van der Waals surface area contributed by atoms with E-state index in [0.29, 0.717) is 19.4 Å². The number of hydrogen-bond donors (Lipinski definition) is 2. The fraction of sp³-hybridized carbons (Fsp3) is 0.458. The molecule has 1 fully saturated rings. The maximum atomic E-state index is 13.6. The molecule has 1 aliphatic heterocycles. The molecule has 31 heavy (non-hydrogen) atoms. The average molecular weight is 435 g/mol. The van der Waals surface area contributed by atoms with Gasteiger partial charge in [0.25, 0.3) is 0 Å². The van der Waals surface area contributed by atoms with E-state index in [9.17, 15) is 18.0 Å². The predicted octanol–water partition coefficient (Wildman–Crippen LogP) is 5.24. The van der Waals surface area contributed by atoms with Gasteiger partial charge in [0.05, 0.1) is 5.56 Å². The van der Waals surface area contributed by atoms with Crippen molar-refractivity contribution in [2.45, 2.75) is 63.3 Å². The smallest absolute Gasteiger partial charge is 0.416 e. The standard InChI is InChI=1S/C24H28F3NO3/c25-24(26,27)21-14-19(31-20-15-22(23(29)30)28-16-20)13-12-18(21)11-7-2-1-4-8-17-9-5-3-6-10-17/h3,5-6,9-10,12-14,20,22,28H,1-2,4,7-8,11,15-16H2,(H,29,30)/t20?,22-/m0/s1. The van der Waals surface area contributed by atoms with Gasteiger partial charge >= 0.3 is 12.1 Å². The molecule has 0 spiro atoms. The molecule has 0 aromatic heterocycles. The number of rotatable bonds is 10. The molecular formula is C24H28F3NO3. The van der Waals surface area contributed by atoms with Crippen molar-refractivity contribution in [3.05, 3.63) is 65.2 Å². The molecule has 1 unspecified atom stereocenters. The van der Waals surface area contributed by atoms with Crippen LogP contribution in [-0.2, 0) is 23.8 Å². The van der Waals surface area contributed by atoms with Crippen LogP contribution in [-0.4, -0.2) is 29.8 Å². The third-order valence-corrected chi connectivity index (χ3v) is 5.58. The number of aliphatic carboxylic acids is 1. The topological polar surface area (TPSA) is 58.6 Å². The molecule has 3 rings (SSSR count). The van der Waals surface area contributed by atoms with Gasteiger partial charge in [0.15, 0.2) is 0 Å². The Bertz CT molecular complexity index is 855. The van der Waals surface area contributed by atoms with E-state index in [4.69, 9.17) is 9.84 Å². The number of nitrogens with one attached hydrogen (secondary N) is 1. The third kappa shape index (κ3) is 6.99. The zero-order chi connectivity index (χ0) is 22.3. The first-order valence-electron chi connectivity index (χ1n) is 10.7. The minimum Gasteiger partial charge on any atom is -0.489 e. The maximum absolute atomic E-state index is 13.6. The van der Waals surface area contributed by atoms with Crippen LogP contribution in [0.25, 0.3) is 0 Å². The van der Waals surface area contributed by atoms with E-state index in [2.05, 4.69) is 17.4 Å². The van der Waals surface area contributed by atoms with Crippen molar-refractivity contribution in [2.24, 2.45) is 0 Å². The minimum absolute atomic E-state index is 0.122. The monoisotopic (exact) mass is 435 g/mol. The molecule has 2 N–H and O–H groups in total. The number of carbonyl (C=O) groups is 1. The Labute approximate surface area is 180 Å². The summed E-state index contributed by atoms with van der Waals surface area (Å²) in [6.45, 7) is 0.295. The summed E-state index contributed by atoms with van der Waals surface area (Å²) < 4.78 is 46.4. The first-order chi connectivity index (χ1) is 14.8. The normalized spacial score (nSPS) is 18.8. The fourth-order valence-electron chi connectivity index (χ4n) is 3.93. The van der Waals surface area contributed by atoms with Crippen LogP contribution in [0.1, 0.15) is 48.8 Å². The second-order valence-corrected chi connectivity index (χ2v) is 7.99. The van der Waals surface area contributed by atoms with Gasteiger partial charge in [-0.1, -0.05) is 49.2 Å². The Kier molecular flexibility index (Phi) is 7.96. The number of unbranched alkanes of at least 4 members (excludes halogenated alkanes) is 3. The van der Waals surface area contributed by atoms with Crippen LogP contribution in [0.2, 0.25) is 0 Å². The first-order valence-corrected chi connectivity index (χ1v) is 10.7. The van der Waals surface area contributed by atoms with E-state index in [1.807, 2.05) is 18.2 Å². The second kappa shape index (κ2) is 10.7. The van der Waals surface area contributed by atoms with Gasteiger partial charge in [0.2, 0.25) is 0 Å². The lowest BCUT2D eigenvalue weighted by atomic mass is 9.99. The molecule has 2 aromatic carbocycles. The highest BCUT2D eigenvalue weighted by atomic mass is 19.4. The van der Waals surface area contributed by atoms with Crippen molar-refractivity contribution in [3.8, 4) is 5.75 Å². The second-order valence-electron chi connectivity index (χ2n) is 7.99. The molecule has 0 aliphatic carbocycles. The van der Waals surface area contributed by atoms with Crippen molar-refractivity contribution in [2.75, 3.05) is 6.54 Å². The van der Waals surface area contributed by atoms with Crippen LogP contribution in [0.4, 0.5) is 13.2 Å². The van der Waals surface area contributed by atoms with Crippen LogP contribution >= 0.6 is 0 Å². The fourth-order valence-corrected chi connectivity index (χ4v) is 3.93. The summed E-state index contributed by atoms with van der Waals surface area (Å²) in [6, 6.07) is 13.5. The first kappa shape index (κ1) is 23.1. The number of carboxylic acids is 1. The highest BCUT2D eigenvalue weighted by Gasteiger charge is 2.35. The zero-order valence-corrected chi connectivity index (χ0v) is 17.3. The van der Waals surface area contributed by atoms with E-state index < -0.39 is 29.9 Å². The average Bonchev–Trinajstić information content (AvgIpc) is 3.20. The van der Waals surface area contributed by atoms with Crippen LogP contribution in [0.3, 0.4) is 0 Å². The lowest BCUT2D eigenvalue weighted by molar-refractivity contribution is -0.139. The number of ether oxygens (including phenoxy) is 1. The van der Waals surface area contributed by atoms with E-state index >= 15 is 0 Å². The van der Waals surface area contributed by atoms with Crippen LogP contribution < -0.4 is 10.1 Å². The number of benzene rings is 2. The summed E-state index contributed by atoms with van der Waals surface area (Å²) >= 11 is 0. The number of halogens is 3. The third-order valence-electron chi connectivity index (χ3n) is 5.58. The Morgan fingerprint density at radius 2 is 1.74 bits per heavy atom. The maximum Gasteiger partial charge on any atom is 0.416 e. The molecule has 1 heterocycles. The molecule has 2 aromatic rings. The molecule has 168 valence electrons. The van der Waals surface area contributed by atoms with Crippen LogP contribution in [0, 0.1) is 0 Å². The van der Waals surface area contributed by atoms with Gasteiger partial charge in [-0.3, -0.25) is 4.79 Å². The Morgan fingerprint density at radius 3 is 2.39 bits per heavy atom. The van der Waals surface area contributed by atoms with Crippen molar-refractivity contribution in [1.29, 1.82) is 0 Å². The summed E-state index contributed by atoms with van der Waals surface area (Å²) in [6.07, 6.45) is 0.245. The highest BCUT2D eigenvalue weighted by Crippen LogP contribution is 2.35. The van der Waals surface area contributed by atoms with E-state index in [0.717, 1.165) is 31.7 Å². The molecule has 7 heteroatoms. The summed E-state index contributed by atoms with van der Waals surface area (Å²) in [5, 5.41) is 11.8. The summed E-state index contributed by atoms with van der Waals surface area (Å²) in [5.74, 6) is -0.863. The van der Waals surface area contributed by atoms with Crippen LogP contribution in [0.5, 0.6) is 5.75 Å². The van der Waals surface area contributed by atoms with Gasteiger partial charge in [-0.15, -0.1) is 0 Å². The summed E-state index contributed by atoms with van der Waals surface area (Å²) in [7, 11) is 0. The van der Waals surface area contributed by atoms with Gasteiger partial charge in [0.1, 0.15) is 17.9 Å². The molecule has 0 amide bonds. The van der Waals surface area contributed by atoms with Gasteiger partial charge in [-0.25, -0.2) is 0 Å². The quantitative estimate of drug-likeness (QED) is 0.501. The minimum atomic E-state index is -4.46. The molecule has 1 aliphatic rings. The molecule has 0 saturated carbocycles. The van der Waals surface area contributed by atoms with E-state index in [-0.39, 0.29) is 17.7 Å². The number of aryl methyl sites for hydroxylation is 2. The largest absolute Gasteiger partial charge is 0.489 e. The van der Waals surface area contributed by atoms with Gasteiger partial charge < -0.3 is 15.2 Å². The summed E-state index contributed by atoms with van der Waals surface area (Å²) in [5.41, 5.74) is 0.885. The highest BCUT2D eigenvalue weighted by molar-refractivity contribution is 5.73. The van der Waals surface area contributed by atoms with Gasteiger partial charge in [0, 0.05) is 13.0 Å². The van der Waals surface area contributed by atoms with Crippen molar-refractivity contribution in [3.63, 3.8) is 0 Å². The van der Waals surface area contributed by atoms with Gasteiger partial charge in [-0.2, -0.15) is 13.2 Å². The molecular weight excluding hydrogens is 407 g/mol. The SMILES string of the molecule is O=C(O)[C@@H]1CC(Oc2ccc(CCCCCCc3ccccc3)c(C(F)(F)F)c2)CN1. The molecule has 0 radical (unpaired) electrons. The van der Waals surface area contributed by atoms with Crippen LogP contribution in [0.15, 0.2) is 48.5 Å². The van der Waals surface area contributed by atoms with E-state index in [1.165, 1.54) is 11.6 Å². The predicted molar refractivity (Wildman–Crippen MR) is 112 cm³/mol. The molecule has 4 nitrogen and oxygen atoms in total. The number of hydrogen-bond acceptors (Lipinski definition) is 3. The molecule has 1 saturated heterocycles. The lowest BCUT2D eigenvalue weighted by Gasteiger charge is -2.17. The summed E-state index contributed by atoms with van der Waals surface area (Å²) in [4.78, 5) is 11.0. The Balaban J connectivity index is 1.51. The lowest BCUT2D eigenvalue weighted by Crippen LogP contribution is -2.30. The number of carboxylic acid groups (broad SMARTS) is 1. The van der Waals surface area contributed by atoms with Crippen molar-refractivity contribution >= 4 is 5.97 Å². The molecule has 2 atom stereocenters.